The molecule has 1 aromatic rings. The monoisotopic (exact) mass is 299 g/mol. The zero-order valence-electron chi connectivity index (χ0n) is 14.7. The molecule has 2 atom stereocenters. The molecule has 0 bridgehead atoms. The predicted octanol–water partition coefficient (Wildman–Crippen LogP) is 5.40. The second-order valence-electron chi connectivity index (χ2n) is 8.56. The van der Waals surface area contributed by atoms with E-state index < -0.39 is 0 Å². The molecular formula is C21H33N. The van der Waals surface area contributed by atoms with Crippen LogP contribution in [0.15, 0.2) is 24.3 Å². The van der Waals surface area contributed by atoms with Gasteiger partial charge in [-0.1, -0.05) is 64.3 Å². The van der Waals surface area contributed by atoms with E-state index >= 15 is 0 Å². The van der Waals surface area contributed by atoms with Crippen molar-refractivity contribution in [1.29, 1.82) is 0 Å². The Morgan fingerprint density at radius 2 is 1.55 bits per heavy atom. The van der Waals surface area contributed by atoms with Gasteiger partial charge in [-0.05, 0) is 54.1 Å². The lowest BCUT2D eigenvalue weighted by molar-refractivity contribution is 0.224. The molecule has 2 aliphatic rings. The minimum absolute atomic E-state index is 0.259. The van der Waals surface area contributed by atoms with Crippen molar-refractivity contribution in [2.75, 3.05) is 6.54 Å². The molecule has 2 fully saturated rings. The second-order valence-corrected chi connectivity index (χ2v) is 8.56. The third-order valence-electron chi connectivity index (χ3n) is 5.92. The van der Waals surface area contributed by atoms with Crippen LogP contribution >= 0.6 is 0 Å². The zero-order valence-corrected chi connectivity index (χ0v) is 14.7. The van der Waals surface area contributed by atoms with E-state index in [0.717, 1.165) is 12.0 Å². The maximum atomic E-state index is 3.88. The Morgan fingerprint density at radius 1 is 0.864 bits per heavy atom. The van der Waals surface area contributed by atoms with E-state index in [4.69, 9.17) is 0 Å². The van der Waals surface area contributed by atoms with Gasteiger partial charge in [0.25, 0.3) is 0 Å². The molecule has 1 saturated carbocycles. The molecule has 1 heterocycles. The maximum Gasteiger partial charge on any atom is 0.00957 e. The van der Waals surface area contributed by atoms with Crippen molar-refractivity contribution in [3.8, 4) is 0 Å². The Hall–Kier alpha value is -0.820. The molecule has 22 heavy (non-hydrogen) atoms. The van der Waals surface area contributed by atoms with E-state index in [1.807, 2.05) is 0 Å². The summed E-state index contributed by atoms with van der Waals surface area (Å²) < 4.78 is 0. The molecule has 0 aromatic heterocycles. The number of nitrogens with one attached hydrogen (secondary N) is 1. The first-order chi connectivity index (χ1) is 10.5. The molecule has 0 radical (unpaired) electrons. The van der Waals surface area contributed by atoms with Crippen molar-refractivity contribution in [3.05, 3.63) is 35.4 Å². The van der Waals surface area contributed by atoms with Crippen LogP contribution in [0.2, 0.25) is 0 Å². The number of hydrogen-bond donors (Lipinski definition) is 1. The highest BCUT2D eigenvalue weighted by Crippen LogP contribution is 2.34. The molecule has 122 valence electrons. The summed E-state index contributed by atoms with van der Waals surface area (Å²) in [6.45, 7) is 8.05. The molecule has 1 nitrogen and oxygen atoms in total. The number of piperidine rings is 1. The summed E-state index contributed by atoms with van der Waals surface area (Å²) >= 11 is 0. The van der Waals surface area contributed by atoms with Gasteiger partial charge in [0.2, 0.25) is 0 Å². The average molecular weight is 300 g/mol. The minimum atomic E-state index is 0.259. The second kappa shape index (κ2) is 6.74. The number of hydrogen-bond acceptors (Lipinski definition) is 1. The molecule has 0 spiro atoms. The molecule has 1 aliphatic heterocycles. The molecular weight excluding hydrogens is 266 g/mol. The molecule has 0 amide bonds. The van der Waals surface area contributed by atoms with Crippen LogP contribution in [0, 0.1) is 5.92 Å². The fourth-order valence-corrected chi connectivity index (χ4v) is 4.36. The van der Waals surface area contributed by atoms with Gasteiger partial charge in [0, 0.05) is 12.6 Å². The van der Waals surface area contributed by atoms with Gasteiger partial charge in [-0.25, -0.2) is 0 Å². The van der Waals surface area contributed by atoms with Crippen LogP contribution in [0.25, 0.3) is 0 Å². The Kier molecular flexibility index (Phi) is 4.92. The van der Waals surface area contributed by atoms with Gasteiger partial charge in [-0.2, -0.15) is 0 Å². The Balaban J connectivity index is 1.57. The van der Waals surface area contributed by atoms with E-state index in [1.54, 1.807) is 0 Å². The van der Waals surface area contributed by atoms with E-state index in [1.165, 1.54) is 62.6 Å². The van der Waals surface area contributed by atoms with E-state index in [-0.39, 0.29) is 5.41 Å². The third-order valence-corrected chi connectivity index (χ3v) is 5.92. The van der Waals surface area contributed by atoms with Crippen LogP contribution < -0.4 is 5.32 Å². The van der Waals surface area contributed by atoms with Crippen LogP contribution in [-0.4, -0.2) is 12.6 Å². The lowest BCUT2D eigenvalue weighted by Crippen LogP contribution is -2.43. The molecule has 1 heteroatoms. The number of benzene rings is 1. The Bertz CT molecular complexity index is 454. The molecule has 1 aromatic carbocycles. The van der Waals surface area contributed by atoms with Crippen LogP contribution in [0.3, 0.4) is 0 Å². The highest BCUT2D eigenvalue weighted by atomic mass is 14.9. The zero-order chi connectivity index (χ0) is 15.6. The van der Waals surface area contributed by atoms with Crippen molar-refractivity contribution in [2.45, 2.75) is 83.1 Å². The summed E-state index contributed by atoms with van der Waals surface area (Å²) in [6, 6.07) is 10.2. The van der Waals surface area contributed by atoms with Gasteiger partial charge in [0.05, 0.1) is 0 Å². The molecule has 0 unspecified atom stereocenters. The molecule has 1 aliphatic carbocycles. The smallest absolute Gasteiger partial charge is 0.00957 e. The highest BCUT2D eigenvalue weighted by Gasteiger charge is 2.28. The van der Waals surface area contributed by atoms with Crippen molar-refractivity contribution < 1.29 is 0 Å². The SMILES string of the molecule is CC(C)(C)c1ccc([C@@H]2CC[C@@H](C3CCCCC3)NC2)cc1. The van der Waals surface area contributed by atoms with Crippen molar-refractivity contribution >= 4 is 0 Å². The van der Waals surface area contributed by atoms with Crippen LogP contribution in [0.1, 0.15) is 82.8 Å². The Labute approximate surface area is 136 Å². The first-order valence-electron chi connectivity index (χ1n) is 9.38. The Morgan fingerprint density at radius 3 is 2.09 bits per heavy atom. The van der Waals surface area contributed by atoms with Crippen molar-refractivity contribution in [3.63, 3.8) is 0 Å². The quantitative estimate of drug-likeness (QED) is 0.771. The molecule has 1 N–H and O–H groups in total. The van der Waals surface area contributed by atoms with E-state index in [0.29, 0.717) is 5.92 Å². The summed E-state index contributed by atoms with van der Waals surface area (Å²) in [6.07, 6.45) is 10.0. The topological polar surface area (TPSA) is 12.0 Å². The lowest BCUT2D eigenvalue weighted by atomic mass is 9.78. The van der Waals surface area contributed by atoms with Crippen LogP contribution in [0.5, 0.6) is 0 Å². The van der Waals surface area contributed by atoms with Gasteiger partial charge in [0.1, 0.15) is 0 Å². The van der Waals surface area contributed by atoms with Crippen LogP contribution in [0.4, 0.5) is 0 Å². The van der Waals surface area contributed by atoms with Gasteiger partial charge in [-0.15, -0.1) is 0 Å². The summed E-state index contributed by atoms with van der Waals surface area (Å²) in [5, 5.41) is 3.88. The first kappa shape index (κ1) is 16.1. The molecule has 3 rings (SSSR count). The van der Waals surface area contributed by atoms with Gasteiger partial charge in [-0.3, -0.25) is 0 Å². The first-order valence-corrected chi connectivity index (χ1v) is 9.38. The van der Waals surface area contributed by atoms with E-state index in [9.17, 15) is 0 Å². The minimum Gasteiger partial charge on any atom is -0.313 e. The summed E-state index contributed by atoms with van der Waals surface area (Å²) in [5.41, 5.74) is 3.23. The number of rotatable bonds is 2. The maximum absolute atomic E-state index is 3.88. The largest absolute Gasteiger partial charge is 0.313 e. The normalized spacial score (nSPS) is 27.8. The van der Waals surface area contributed by atoms with E-state index in [2.05, 4.69) is 50.4 Å². The highest BCUT2D eigenvalue weighted by molar-refractivity contribution is 5.30. The average Bonchev–Trinajstić information content (AvgIpc) is 2.55. The summed E-state index contributed by atoms with van der Waals surface area (Å²) in [7, 11) is 0. The fraction of sp³-hybridized carbons (Fsp3) is 0.714. The van der Waals surface area contributed by atoms with Crippen molar-refractivity contribution in [1.82, 2.24) is 5.32 Å². The van der Waals surface area contributed by atoms with Crippen LogP contribution in [-0.2, 0) is 5.41 Å². The van der Waals surface area contributed by atoms with Gasteiger partial charge < -0.3 is 5.32 Å². The van der Waals surface area contributed by atoms with Gasteiger partial charge in [0.15, 0.2) is 0 Å². The summed E-state index contributed by atoms with van der Waals surface area (Å²) in [5.74, 6) is 1.67. The predicted molar refractivity (Wildman–Crippen MR) is 95.5 cm³/mol. The van der Waals surface area contributed by atoms with Gasteiger partial charge >= 0.3 is 0 Å². The summed E-state index contributed by atoms with van der Waals surface area (Å²) in [4.78, 5) is 0. The molecule has 1 saturated heterocycles. The lowest BCUT2D eigenvalue weighted by Gasteiger charge is -2.37. The van der Waals surface area contributed by atoms with Crippen molar-refractivity contribution in [2.24, 2.45) is 5.92 Å². The fourth-order valence-electron chi connectivity index (χ4n) is 4.36. The third kappa shape index (κ3) is 3.74. The standard InChI is InChI=1S/C21H33N/c1-21(2,3)19-12-9-16(10-13-19)18-11-14-20(22-15-18)17-7-5-4-6-8-17/h9-10,12-13,17-18,20,22H,4-8,11,14-15H2,1-3H3/t18-,20+/m1/s1.